The Morgan fingerprint density at radius 1 is 1.60 bits per heavy atom. The van der Waals surface area contributed by atoms with Crippen LogP contribution >= 0.6 is 11.6 Å². The van der Waals surface area contributed by atoms with Gasteiger partial charge in [0.05, 0.1) is 0 Å². The number of carbonyl (C=O) groups is 1. The Morgan fingerprint density at radius 3 is 2.60 bits per heavy atom. The van der Waals surface area contributed by atoms with Gasteiger partial charge in [0.1, 0.15) is 0 Å². The fraction of sp³-hybridized carbons (Fsp3) is 0.714. The molecule has 10 heavy (non-hydrogen) atoms. The second kappa shape index (κ2) is 5.42. The molecule has 0 aromatic rings. The van der Waals surface area contributed by atoms with Gasteiger partial charge in [-0.25, -0.2) is 0 Å². The summed E-state index contributed by atoms with van der Waals surface area (Å²) in [7, 11) is 0. The van der Waals surface area contributed by atoms with Crippen LogP contribution in [0.3, 0.4) is 0 Å². The molecular formula is C7H12ClNO. The molecule has 0 saturated carbocycles. The number of rotatable bonds is 4. The molecule has 0 bridgehead atoms. The minimum Gasteiger partial charge on any atom is -0.292 e. The van der Waals surface area contributed by atoms with Crippen LogP contribution in [0.15, 0.2) is 4.99 Å². The van der Waals surface area contributed by atoms with Gasteiger partial charge in [0, 0.05) is 13.5 Å². The number of Topliss-reactive ketones (excluding diaryl/α,β-unsaturated/α-hetero) is 1. The van der Waals surface area contributed by atoms with Gasteiger partial charge in [-0.05, 0) is 6.42 Å². The normalized spacial score (nSPS) is 11.7. The maximum Gasteiger partial charge on any atom is 0.189 e. The van der Waals surface area contributed by atoms with E-state index < -0.39 is 0 Å². The van der Waals surface area contributed by atoms with Crippen molar-refractivity contribution in [3.05, 3.63) is 0 Å². The van der Waals surface area contributed by atoms with Gasteiger partial charge in [-0.1, -0.05) is 24.9 Å². The molecule has 0 atom stereocenters. The number of hydrogen-bond acceptors (Lipinski definition) is 2. The molecule has 0 aromatic carbocycles. The number of hydrogen-bond donors (Lipinski definition) is 0. The van der Waals surface area contributed by atoms with Gasteiger partial charge < -0.3 is 0 Å². The van der Waals surface area contributed by atoms with Gasteiger partial charge in [-0.3, -0.25) is 9.79 Å². The summed E-state index contributed by atoms with van der Waals surface area (Å²) in [6, 6.07) is 0. The monoisotopic (exact) mass is 161 g/mol. The lowest BCUT2D eigenvalue weighted by atomic mass is 10.3. The molecule has 58 valence electrons. The number of unbranched alkanes of at least 4 members (excludes halogenated alkanes) is 1. The standard InChI is InChI=1S/C7H12ClNO/c1-3-4-5-9-7(8)6(2)10/h3-5H2,1-2H3. The van der Waals surface area contributed by atoms with Crippen molar-refractivity contribution >= 4 is 22.6 Å². The largest absolute Gasteiger partial charge is 0.292 e. The molecule has 0 aromatic heterocycles. The lowest BCUT2D eigenvalue weighted by molar-refractivity contribution is -0.110. The van der Waals surface area contributed by atoms with Crippen LogP contribution < -0.4 is 0 Å². The van der Waals surface area contributed by atoms with Crippen LogP contribution in [-0.4, -0.2) is 17.5 Å². The molecule has 3 heteroatoms. The van der Waals surface area contributed by atoms with Crippen LogP contribution in [0.1, 0.15) is 26.7 Å². The Labute approximate surface area is 66.3 Å². The third kappa shape index (κ3) is 4.50. The van der Waals surface area contributed by atoms with E-state index in [2.05, 4.69) is 11.9 Å². The zero-order valence-corrected chi connectivity index (χ0v) is 7.11. The summed E-state index contributed by atoms with van der Waals surface area (Å²) in [5.74, 6) is -0.155. The summed E-state index contributed by atoms with van der Waals surface area (Å²) in [5.41, 5.74) is 0. The smallest absolute Gasteiger partial charge is 0.189 e. The van der Waals surface area contributed by atoms with Crippen molar-refractivity contribution in [2.24, 2.45) is 4.99 Å². The number of carbonyl (C=O) groups excluding carboxylic acids is 1. The summed E-state index contributed by atoms with van der Waals surface area (Å²) in [5, 5.41) is 0.119. The van der Waals surface area contributed by atoms with E-state index in [4.69, 9.17) is 11.6 Å². The predicted molar refractivity (Wildman–Crippen MR) is 43.7 cm³/mol. The van der Waals surface area contributed by atoms with E-state index in [-0.39, 0.29) is 11.0 Å². The van der Waals surface area contributed by atoms with Gasteiger partial charge in [0.25, 0.3) is 0 Å². The van der Waals surface area contributed by atoms with Crippen molar-refractivity contribution in [1.82, 2.24) is 0 Å². The van der Waals surface area contributed by atoms with Crippen molar-refractivity contribution in [3.63, 3.8) is 0 Å². The van der Waals surface area contributed by atoms with E-state index in [9.17, 15) is 4.79 Å². The molecule has 0 aliphatic carbocycles. The first kappa shape index (κ1) is 9.63. The number of ketones is 1. The topological polar surface area (TPSA) is 29.4 Å². The van der Waals surface area contributed by atoms with E-state index in [1.807, 2.05) is 0 Å². The lowest BCUT2D eigenvalue weighted by Crippen LogP contribution is -2.01. The van der Waals surface area contributed by atoms with Crippen LogP contribution in [0.25, 0.3) is 0 Å². The third-order valence-corrected chi connectivity index (χ3v) is 1.44. The maximum atomic E-state index is 10.5. The van der Waals surface area contributed by atoms with Crippen molar-refractivity contribution in [1.29, 1.82) is 0 Å². The molecule has 0 N–H and O–H groups in total. The van der Waals surface area contributed by atoms with Gasteiger partial charge in [-0.15, -0.1) is 0 Å². The number of nitrogens with zero attached hydrogens (tertiary/aromatic N) is 1. The van der Waals surface area contributed by atoms with Crippen LogP contribution in [-0.2, 0) is 4.79 Å². The van der Waals surface area contributed by atoms with Gasteiger partial charge in [0.15, 0.2) is 11.0 Å². The Hall–Kier alpha value is -0.370. The molecule has 0 saturated heterocycles. The lowest BCUT2D eigenvalue weighted by Gasteiger charge is -1.90. The minimum atomic E-state index is -0.155. The zero-order valence-electron chi connectivity index (χ0n) is 6.35. The molecule has 0 heterocycles. The molecular weight excluding hydrogens is 150 g/mol. The summed E-state index contributed by atoms with van der Waals surface area (Å²) in [4.78, 5) is 14.3. The molecule has 2 nitrogen and oxygen atoms in total. The van der Waals surface area contributed by atoms with Gasteiger partial charge >= 0.3 is 0 Å². The molecule has 0 spiro atoms. The molecule has 0 aliphatic heterocycles. The predicted octanol–water partition coefficient (Wildman–Crippen LogP) is 2.01. The van der Waals surface area contributed by atoms with E-state index in [1.165, 1.54) is 6.92 Å². The molecule has 0 fully saturated rings. The first-order chi connectivity index (χ1) is 4.68. The van der Waals surface area contributed by atoms with Gasteiger partial charge in [-0.2, -0.15) is 0 Å². The van der Waals surface area contributed by atoms with Crippen LogP contribution in [0, 0.1) is 0 Å². The molecule has 0 aliphatic rings. The Balaban J connectivity index is 3.58. The van der Waals surface area contributed by atoms with E-state index in [0.29, 0.717) is 6.54 Å². The SMILES string of the molecule is CCCCN=C(Cl)C(C)=O. The highest BCUT2D eigenvalue weighted by Crippen LogP contribution is 1.92. The second-order valence-corrected chi connectivity index (χ2v) is 2.44. The first-order valence-electron chi connectivity index (χ1n) is 3.39. The highest BCUT2D eigenvalue weighted by Gasteiger charge is 1.97. The Kier molecular flexibility index (Phi) is 5.22. The van der Waals surface area contributed by atoms with Crippen LogP contribution in [0.5, 0.6) is 0 Å². The average Bonchev–Trinajstić information content (AvgIpc) is 1.88. The summed E-state index contributed by atoms with van der Waals surface area (Å²) in [6.07, 6.45) is 2.06. The quantitative estimate of drug-likeness (QED) is 0.458. The van der Waals surface area contributed by atoms with Crippen LogP contribution in [0.2, 0.25) is 0 Å². The minimum absolute atomic E-state index is 0.119. The van der Waals surface area contributed by atoms with Crippen molar-refractivity contribution < 1.29 is 4.79 Å². The average molecular weight is 162 g/mol. The third-order valence-electron chi connectivity index (χ3n) is 1.05. The fourth-order valence-electron chi connectivity index (χ4n) is 0.447. The maximum absolute atomic E-state index is 10.5. The van der Waals surface area contributed by atoms with E-state index in [0.717, 1.165) is 12.8 Å². The molecule has 0 unspecified atom stereocenters. The van der Waals surface area contributed by atoms with Crippen molar-refractivity contribution in [2.45, 2.75) is 26.7 Å². The molecule has 0 amide bonds. The Bertz CT molecular complexity index is 143. The molecule has 0 rings (SSSR count). The highest BCUT2D eigenvalue weighted by atomic mass is 35.5. The van der Waals surface area contributed by atoms with Crippen molar-refractivity contribution in [2.75, 3.05) is 6.54 Å². The summed E-state index contributed by atoms with van der Waals surface area (Å²) < 4.78 is 0. The van der Waals surface area contributed by atoms with Crippen molar-refractivity contribution in [3.8, 4) is 0 Å². The highest BCUT2D eigenvalue weighted by molar-refractivity contribution is 6.82. The van der Waals surface area contributed by atoms with E-state index >= 15 is 0 Å². The summed E-state index contributed by atoms with van der Waals surface area (Å²) >= 11 is 5.45. The first-order valence-corrected chi connectivity index (χ1v) is 3.77. The van der Waals surface area contributed by atoms with Gasteiger partial charge in [0.2, 0.25) is 0 Å². The zero-order chi connectivity index (χ0) is 7.98. The number of aliphatic imine (C=N–C) groups is 1. The second-order valence-electron chi connectivity index (χ2n) is 2.08. The summed E-state index contributed by atoms with van der Waals surface area (Å²) in [6.45, 7) is 4.14. The van der Waals surface area contributed by atoms with E-state index in [1.54, 1.807) is 0 Å². The van der Waals surface area contributed by atoms with Crippen LogP contribution in [0.4, 0.5) is 0 Å². The number of halogens is 1. The fourth-order valence-corrected chi connectivity index (χ4v) is 0.531. The Morgan fingerprint density at radius 2 is 2.20 bits per heavy atom. The molecule has 0 radical (unpaired) electrons.